The Morgan fingerprint density at radius 2 is 1.86 bits per heavy atom. The van der Waals surface area contributed by atoms with Gasteiger partial charge in [-0.1, -0.05) is 24.3 Å². The van der Waals surface area contributed by atoms with Gasteiger partial charge in [-0.05, 0) is 61.0 Å². The Labute approximate surface area is 172 Å². The van der Waals surface area contributed by atoms with E-state index in [1.807, 2.05) is 59.5 Å². The predicted octanol–water partition coefficient (Wildman–Crippen LogP) is 6.02. The number of aromatic nitrogens is 4. The summed E-state index contributed by atoms with van der Waals surface area (Å²) in [6.07, 6.45) is 9.81. The number of hydrogen-bond acceptors (Lipinski definition) is 4. The highest BCUT2D eigenvalue weighted by Gasteiger charge is 2.11. The van der Waals surface area contributed by atoms with Crippen molar-refractivity contribution in [2.45, 2.75) is 6.92 Å². The van der Waals surface area contributed by atoms with Gasteiger partial charge in [0.25, 0.3) is 0 Å². The molecule has 0 aliphatic rings. The Hall–Kier alpha value is -3.57. The maximum absolute atomic E-state index is 4.83. The molecule has 0 fully saturated rings. The fourth-order valence-electron chi connectivity index (χ4n) is 3.24. The van der Waals surface area contributed by atoms with Gasteiger partial charge < -0.3 is 0 Å². The van der Waals surface area contributed by atoms with Crippen molar-refractivity contribution in [3.63, 3.8) is 0 Å². The Balaban J connectivity index is 1.57. The largest absolute Gasteiger partial charge is 0.264 e. The standard InChI is InChI=1S/C24H18N4S/c1-17-9-11-22-21(14-17)26-23(29-22)12-10-19-16-28(20-7-3-2-4-8-20)27-24(19)18-6-5-13-25-15-18/h2-16H,1H3/b12-10+. The summed E-state index contributed by atoms with van der Waals surface area (Å²) in [6, 6.07) is 20.5. The van der Waals surface area contributed by atoms with Gasteiger partial charge in [-0.2, -0.15) is 5.10 Å². The Bertz CT molecular complexity index is 1300. The highest BCUT2D eigenvalue weighted by atomic mass is 32.1. The van der Waals surface area contributed by atoms with Crippen molar-refractivity contribution in [1.82, 2.24) is 19.7 Å². The first-order chi connectivity index (χ1) is 14.3. The molecule has 0 radical (unpaired) electrons. The quantitative estimate of drug-likeness (QED) is 0.374. The van der Waals surface area contributed by atoms with Crippen LogP contribution in [0.25, 0.3) is 39.3 Å². The van der Waals surface area contributed by atoms with Crippen LogP contribution < -0.4 is 0 Å². The Kier molecular flexibility index (Phi) is 4.50. The predicted molar refractivity (Wildman–Crippen MR) is 120 cm³/mol. The van der Waals surface area contributed by atoms with Gasteiger partial charge in [0.2, 0.25) is 0 Å². The summed E-state index contributed by atoms with van der Waals surface area (Å²) in [6.45, 7) is 2.09. The molecule has 2 aromatic carbocycles. The van der Waals surface area contributed by atoms with E-state index in [0.29, 0.717) is 0 Å². The average molecular weight is 395 g/mol. The molecule has 3 heterocycles. The molecule has 0 bridgehead atoms. The number of thiazole rings is 1. The number of nitrogens with zero attached hydrogens (tertiary/aromatic N) is 4. The van der Waals surface area contributed by atoms with Crippen molar-refractivity contribution in [1.29, 1.82) is 0 Å². The van der Waals surface area contributed by atoms with Crippen molar-refractivity contribution in [2.75, 3.05) is 0 Å². The van der Waals surface area contributed by atoms with E-state index in [9.17, 15) is 0 Å². The third-order valence-corrected chi connectivity index (χ3v) is 5.66. The minimum atomic E-state index is 0.898. The molecule has 0 amide bonds. The minimum Gasteiger partial charge on any atom is -0.264 e. The molecule has 0 N–H and O–H groups in total. The van der Waals surface area contributed by atoms with Crippen LogP contribution in [0.3, 0.4) is 0 Å². The zero-order valence-electron chi connectivity index (χ0n) is 15.9. The fraction of sp³-hybridized carbons (Fsp3) is 0.0417. The smallest absolute Gasteiger partial charge is 0.117 e. The molecule has 140 valence electrons. The number of fused-ring (bicyclic) bond motifs is 1. The molecular weight excluding hydrogens is 376 g/mol. The van der Waals surface area contributed by atoms with E-state index in [1.54, 1.807) is 17.5 Å². The highest BCUT2D eigenvalue weighted by Crippen LogP contribution is 2.27. The van der Waals surface area contributed by atoms with Crippen LogP contribution in [0.2, 0.25) is 0 Å². The van der Waals surface area contributed by atoms with Crippen LogP contribution in [0.1, 0.15) is 16.1 Å². The monoisotopic (exact) mass is 394 g/mol. The zero-order chi connectivity index (χ0) is 19.6. The number of pyridine rings is 1. The van der Waals surface area contributed by atoms with Crippen LogP contribution in [0.15, 0.2) is 79.3 Å². The Morgan fingerprint density at radius 1 is 0.966 bits per heavy atom. The van der Waals surface area contributed by atoms with Gasteiger partial charge >= 0.3 is 0 Å². The lowest BCUT2D eigenvalue weighted by atomic mass is 10.1. The lowest BCUT2D eigenvalue weighted by molar-refractivity contribution is 0.884. The van der Waals surface area contributed by atoms with Gasteiger partial charge in [-0.15, -0.1) is 11.3 Å². The molecule has 3 aromatic heterocycles. The van der Waals surface area contributed by atoms with Gasteiger partial charge in [0.15, 0.2) is 0 Å². The van der Waals surface area contributed by atoms with Crippen LogP contribution in [-0.2, 0) is 0 Å². The third kappa shape index (κ3) is 3.60. The van der Waals surface area contributed by atoms with Crippen molar-refractivity contribution < 1.29 is 0 Å². The SMILES string of the molecule is Cc1ccc2sc(/C=C/c3cn(-c4ccccc4)nc3-c3cccnc3)nc2c1. The highest BCUT2D eigenvalue weighted by molar-refractivity contribution is 7.19. The molecule has 5 aromatic rings. The topological polar surface area (TPSA) is 43.6 Å². The average Bonchev–Trinajstić information content (AvgIpc) is 3.37. The molecule has 5 heteroatoms. The maximum Gasteiger partial charge on any atom is 0.117 e. The van der Waals surface area contributed by atoms with Crippen LogP contribution in [0.5, 0.6) is 0 Å². The Morgan fingerprint density at radius 3 is 2.69 bits per heavy atom. The van der Waals surface area contributed by atoms with Crippen LogP contribution in [-0.4, -0.2) is 19.7 Å². The normalized spacial score (nSPS) is 11.5. The summed E-state index contributed by atoms with van der Waals surface area (Å²) in [5.74, 6) is 0. The summed E-state index contributed by atoms with van der Waals surface area (Å²) < 4.78 is 3.10. The van der Waals surface area contributed by atoms with Crippen LogP contribution >= 0.6 is 11.3 Å². The first-order valence-electron chi connectivity index (χ1n) is 9.37. The van der Waals surface area contributed by atoms with Gasteiger partial charge in [-0.25, -0.2) is 9.67 Å². The van der Waals surface area contributed by atoms with Gasteiger partial charge in [0.05, 0.1) is 15.9 Å². The van der Waals surface area contributed by atoms with Gasteiger partial charge in [0.1, 0.15) is 10.7 Å². The van der Waals surface area contributed by atoms with Gasteiger partial charge in [0, 0.05) is 29.7 Å². The van der Waals surface area contributed by atoms with E-state index in [2.05, 4.69) is 42.3 Å². The first-order valence-corrected chi connectivity index (χ1v) is 10.2. The van der Waals surface area contributed by atoms with E-state index in [-0.39, 0.29) is 0 Å². The third-order valence-electron chi connectivity index (χ3n) is 4.66. The first kappa shape index (κ1) is 17.5. The van der Waals surface area contributed by atoms with Crippen molar-refractivity contribution >= 4 is 33.7 Å². The summed E-state index contributed by atoms with van der Waals surface area (Å²) in [5, 5.41) is 5.81. The molecule has 0 aliphatic carbocycles. The lowest BCUT2D eigenvalue weighted by Crippen LogP contribution is -1.94. The minimum absolute atomic E-state index is 0.898. The van der Waals surface area contributed by atoms with Crippen molar-refractivity contribution in [3.05, 3.63) is 95.4 Å². The van der Waals surface area contributed by atoms with E-state index in [4.69, 9.17) is 10.1 Å². The molecule has 0 spiro atoms. The fourth-order valence-corrected chi connectivity index (χ4v) is 4.09. The number of aryl methyl sites for hydroxylation is 1. The van der Waals surface area contributed by atoms with E-state index in [0.717, 1.165) is 33.0 Å². The number of rotatable bonds is 4. The van der Waals surface area contributed by atoms with E-state index >= 15 is 0 Å². The molecule has 0 unspecified atom stereocenters. The summed E-state index contributed by atoms with van der Waals surface area (Å²) in [5.41, 5.74) is 6.20. The second kappa shape index (κ2) is 7.45. The molecule has 4 nitrogen and oxygen atoms in total. The van der Waals surface area contributed by atoms with Crippen LogP contribution in [0.4, 0.5) is 0 Å². The van der Waals surface area contributed by atoms with Crippen LogP contribution in [0, 0.1) is 6.92 Å². The summed E-state index contributed by atoms with van der Waals surface area (Å²) >= 11 is 1.69. The van der Waals surface area contributed by atoms with E-state index < -0.39 is 0 Å². The van der Waals surface area contributed by atoms with Crippen molar-refractivity contribution in [2.24, 2.45) is 0 Å². The summed E-state index contributed by atoms with van der Waals surface area (Å²) in [7, 11) is 0. The second-order valence-corrected chi connectivity index (χ2v) is 7.87. The molecule has 0 saturated heterocycles. The van der Waals surface area contributed by atoms with E-state index in [1.165, 1.54) is 10.3 Å². The maximum atomic E-state index is 4.83. The lowest BCUT2D eigenvalue weighted by Gasteiger charge is -1.99. The zero-order valence-corrected chi connectivity index (χ0v) is 16.7. The van der Waals surface area contributed by atoms with Gasteiger partial charge in [-0.3, -0.25) is 4.98 Å². The molecule has 0 saturated carbocycles. The summed E-state index contributed by atoms with van der Waals surface area (Å²) in [4.78, 5) is 9.00. The number of para-hydroxylation sites is 1. The number of benzene rings is 2. The second-order valence-electron chi connectivity index (χ2n) is 6.81. The van der Waals surface area contributed by atoms with Crippen molar-refractivity contribution in [3.8, 4) is 16.9 Å². The number of hydrogen-bond donors (Lipinski definition) is 0. The molecule has 0 atom stereocenters. The molecule has 29 heavy (non-hydrogen) atoms. The molecule has 5 rings (SSSR count). The molecular formula is C24H18N4S. The molecule has 0 aliphatic heterocycles.